The Bertz CT molecular complexity index is 563. The van der Waals surface area contributed by atoms with Crippen molar-refractivity contribution in [1.82, 2.24) is 4.90 Å². The number of amides is 2. The summed E-state index contributed by atoms with van der Waals surface area (Å²) in [6, 6.07) is 3.71. The number of nitrogen functional groups attached to an aromatic ring is 1. The lowest BCUT2D eigenvalue weighted by molar-refractivity contribution is -0.119. The molecule has 2 amide bonds. The van der Waals surface area contributed by atoms with Crippen molar-refractivity contribution in [3.8, 4) is 0 Å². The van der Waals surface area contributed by atoms with Crippen LogP contribution in [0.4, 0.5) is 5.69 Å². The van der Waals surface area contributed by atoms with E-state index >= 15 is 0 Å². The summed E-state index contributed by atoms with van der Waals surface area (Å²) < 4.78 is 0. The van der Waals surface area contributed by atoms with Gasteiger partial charge in [-0.15, -0.1) is 0 Å². The molecule has 0 atom stereocenters. The van der Waals surface area contributed by atoms with Gasteiger partial charge in [0.05, 0.1) is 6.54 Å². The van der Waals surface area contributed by atoms with Gasteiger partial charge in [0, 0.05) is 17.3 Å². The molecule has 114 valence electrons. The third-order valence-corrected chi connectivity index (χ3v) is 4.20. The summed E-state index contributed by atoms with van der Waals surface area (Å²) in [6.07, 6.45) is 4.03. The van der Waals surface area contributed by atoms with E-state index in [9.17, 15) is 9.59 Å². The second kappa shape index (κ2) is 6.16. The molecule has 21 heavy (non-hydrogen) atoms. The van der Waals surface area contributed by atoms with Crippen LogP contribution in [0.15, 0.2) is 12.1 Å². The number of carbonyl (C=O) groups is 2. The van der Waals surface area contributed by atoms with Gasteiger partial charge in [0.15, 0.2) is 0 Å². The zero-order chi connectivity index (χ0) is 15.6. The number of nitrogens with zero attached hydrogens (tertiary/aromatic N) is 1. The SMILES string of the molecule is Cc1cc(C)c(C(=O)N(CC(N)=O)C2CCCC2)cc1N. The molecule has 0 unspecified atom stereocenters. The quantitative estimate of drug-likeness (QED) is 0.828. The number of anilines is 1. The first-order valence-electron chi connectivity index (χ1n) is 7.36. The smallest absolute Gasteiger partial charge is 0.254 e. The summed E-state index contributed by atoms with van der Waals surface area (Å²) in [4.78, 5) is 25.7. The van der Waals surface area contributed by atoms with Crippen LogP contribution in [0.5, 0.6) is 0 Å². The largest absolute Gasteiger partial charge is 0.398 e. The fourth-order valence-electron chi connectivity index (χ4n) is 3.00. The number of hydrogen-bond acceptors (Lipinski definition) is 3. The molecule has 0 aromatic heterocycles. The Morgan fingerprint density at radius 1 is 1.19 bits per heavy atom. The van der Waals surface area contributed by atoms with Gasteiger partial charge in [-0.1, -0.05) is 18.9 Å². The van der Waals surface area contributed by atoms with Crippen molar-refractivity contribution < 1.29 is 9.59 Å². The van der Waals surface area contributed by atoms with Crippen LogP contribution in [0.1, 0.15) is 47.2 Å². The number of carbonyl (C=O) groups excluding carboxylic acids is 2. The molecule has 1 aliphatic carbocycles. The van der Waals surface area contributed by atoms with Crippen LogP contribution < -0.4 is 11.5 Å². The molecular weight excluding hydrogens is 266 g/mol. The summed E-state index contributed by atoms with van der Waals surface area (Å²) in [5.74, 6) is -0.627. The van der Waals surface area contributed by atoms with E-state index in [0.29, 0.717) is 11.3 Å². The fraction of sp³-hybridized carbons (Fsp3) is 0.500. The highest BCUT2D eigenvalue weighted by molar-refractivity contribution is 5.98. The van der Waals surface area contributed by atoms with Gasteiger partial charge >= 0.3 is 0 Å². The average Bonchev–Trinajstić information content (AvgIpc) is 2.93. The molecule has 1 aliphatic rings. The van der Waals surface area contributed by atoms with E-state index in [2.05, 4.69) is 0 Å². The van der Waals surface area contributed by atoms with Crippen LogP contribution >= 0.6 is 0 Å². The zero-order valence-electron chi connectivity index (χ0n) is 12.7. The Hall–Kier alpha value is -2.04. The van der Waals surface area contributed by atoms with E-state index in [0.717, 1.165) is 36.8 Å². The normalized spacial score (nSPS) is 15.1. The summed E-state index contributed by atoms with van der Waals surface area (Å²) in [5, 5.41) is 0. The highest BCUT2D eigenvalue weighted by atomic mass is 16.2. The zero-order valence-corrected chi connectivity index (χ0v) is 12.7. The standard InChI is InChI=1S/C16H23N3O2/c1-10-7-11(2)14(17)8-13(10)16(21)19(9-15(18)20)12-5-3-4-6-12/h7-8,12H,3-6,9,17H2,1-2H3,(H2,18,20). The maximum absolute atomic E-state index is 12.8. The van der Waals surface area contributed by atoms with Gasteiger partial charge in [0.2, 0.25) is 5.91 Å². The lowest BCUT2D eigenvalue weighted by Gasteiger charge is -2.28. The molecule has 0 aliphatic heterocycles. The van der Waals surface area contributed by atoms with E-state index < -0.39 is 5.91 Å². The molecule has 1 fully saturated rings. The minimum absolute atomic E-state index is 0.0310. The minimum atomic E-state index is -0.479. The predicted molar refractivity (Wildman–Crippen MR) is 82.8 cm³/mol. The second-order valence-corrected chi connectivity index (χ2v) is 5.86. The Morgan fingerprint density at radius 2 is 1.81 bits per heavy atom. The van der Waals surface area contributed by atoms with Gasteiger partial charge in [0.25, 0.3) is 5.91 Å². The van der Waals surface area contributed by atoms with Crippen LogP contribution in [0.25, 0.3) is 0 Å². The molecule has 5 heteroatoms. The van der Waals surface area contributed by atoms with Crippen molar-refractivity contribution in [3.63, 3.8) is 0 Å². The van der Waals surface area contributed by atoms with E-state index in [1.807, 2.05) is 19.9 Å². The molecule has 0 saturated heterocycles. The molecule has 5 nitrogen and oxygen atoms in total. The van der Waals surface area contributed by atoms with Gasteiger partial charge in [-0.3, -0.25) is 9.59 Å². The predicted octanol–water partition coefficient (Wildman–Crippen LogP) is 1.76. The topological polar surface area (TPSA) is 89.4 Å². The number of primary amides is 1. The summed E-state index contributed by atoms with van der Waals surface area (Å²) >= 11 is 0. The molecule has 0 heterocycles. The Labute approximate surface area is 125 Å². The van der Waals surface area contributed by atoms with Crippen LogP contribution in [-0.2, 0) is 4.79 Å². The van der Waals surface area contributed by atoms with E-state index in [-0.39, 0.29) is 18.5 Å². The maximum atomic E-state index is 12.8. The Morgan fingerprint density at radius 3 is 2.38 bits per heavy atom. The molecule has 1 saturated carbocycles. The van der Waals surface area contributed by atoms with Crippen molar-refractivity contribution in [2.75, 3.05) is 12.3 Å². The van der Waals surface area contributed by atoms with Gasteiger partial charge in [-0.05, 0) is 43.9 Å². The number of nitrogens with two attached hydrogens (primary N) is 2. The second-order valence-electron chi connectivity index (χ2n) is 5.86. The minimum Gasteiger partial charge on any atom is -0.398 e. The highest BCUT2D eigenvalue weighted by Gasteiger charge is 2.29. The van der Waals surface area contributed by atoms with Crippen LogP contribution in [-0.4, -0.2) is 29.3 Å². The summed E-state index contributed by atoms with van der Waals surface area (Å²) in [6.45, 7) is 3.77. The maximum Gasteiger partial charge on any atom is 0.254 e. The van der Waals surface area contributed by atoms with Crippen molar-refractivity contribution in [1.29, 1.82) is 0 Å². The van der Waals surface area contributed by atoms with Gasteiger partial charge < -0.3 is 16.4 Å². The molecule has 0 radical (unpaired) electrons. The fourth-order valence-corrected chi connectivity index (χ4v) is 3.00. The van der Waals surface area contributed by atoms with Crippen molar-refractivity contribution in [3.05, 3.63) is 28.8 Å². The van der Waals surface area contributed by atoms with E-state index in [1.165, 1.54) is 0 Å². The van der Waals surface area contributed by atoms with Gasteiger partial charge in [0.1, 0.15) is 0 Å². The number of rotatable bonds is 4. The number of benzene rings is 1. The van der Waals surface area contributed by atoms with Crippen molar-refractivity contribution in [2.45, 2.75) is 45.6 Å². The molecule has 1 aromatic carbocycles. The Kier molecular flexibility index (Phi) is 4.50. The van der Waals surface area contributed by atoms with Gasteiger partial charge in [-0.25, -0.2) is 0 Å². The molecule has 4 N–H and O–H groups in total. The highest BCUT2D eigenvalue weighted by Crippen LogP contribution is 2.26. The summed E-state index contributed by atoms with van der Waals surface area (Å²) in [5.41, 5.74) is 14.2. The average molecular weight is 289 g/mol. The monoisotopic (exact) mass is 289 g/mol. The molecule has 0 spiro atoms. The molecular formula is C16H23N3O2. The molecule has 2 rings (SSSR count). The molecule has 1 aromatic rings. The lowest BCUT2D eigenvalue weighted by atomic mass is 10.0. The first kappa shape index (κ1) is 15.4. The first-order valence-corrected chi connectivity index (χ1v) is 7.36. The molecule has 0 bridgehead atoms. The third-order valence-electron chi connectivity index (χ3n) is 4.20. The number of aryl methyl sites for hydroxylation is 2. The first-order chi connectivity index (χ1) is 9.90. The summed E-state index contributed by atoms with van der Waals surface area (Å²) in [7, 11) is 0. The Balaban J connectivity index is 2.33. The lowest BCUT2D eigenvalue weighted by Crippen LogP contribution is -2.44. The van der Waals surface area contributed by atoms with Crippen LogP contribution in [0.2, 0.25) is 0 Å². The third kappa shape index (κ3) is 3.35. The van der Waals surface area contributed by atoms with Crippen molar-refractivity contribution >= 4 is 17.5 Å². The van der Waals surface area contributed by atoms with Crippen LogP contribution in [0, 0.1) is 13.8 Å². The van der Waals surface area contributed by atoms with Crippen LogP contribution in [0.3, 0.4) is 0 Å². The number of hydrogen-bond donors (Lipinski definition) is 2. The van der Waals surface area contributed by atoms with E-state index in [1.54, 1.807) is 11.0 Å². The van der Waals surface area contributed by atoms with Crippen molar-refractivity contribution in [2.24, 2.45) is 5.73 Å². The van der Waals surface area contributed by atoms with E-state index in [4.69, 9.17) is 11.5 Å². The van der Waals surface area contributed by atoms with Gasteiger partial charge in [-0.2, -0.15) is 0 Å².